The third-order valence-corrected chi connectivity index (χ3v) is 6.47. The van der Waals surface area contributed by atoms with E-state index in [1.165, 1.54) is 19.3 Å². The van der Waals surface area contributed by atoms with E-state index in [9.17, 15) is 4.79 Å². The van der Waals surface area contributed by atoms with E-state index in [1.54, 1.807) is 18.9 Å². The van der Waals surface area contributed by atoms with Gasteiger partial charge in [0.1, 0.15) is 5.82 Å². The number of carbonyl (C=O) groups is 1. The Hall–Kier alpha value is -2.12. The van der Waals surface area contributed by atoms with E-state index in [2.05, 4.69) is 37.1 Å². The van der Waals surface area contributed by atoms with Gasteiger partial charge in [0.05, 0.1) is 6.61 Å². The van der Waals surface area contributed by atoms with Crippen LogP contribution in [0.25, 0.3) is 0 Å². The number of rotatable bonds is 9. The lowest BCUT2D eigenvalue weighted by Gasteiger charge is -2.34. The van der Waals surface area contributed by atoms with Crippen LogP contribution in [0.1, 0.15) is 67.6 Å². The summed E-state index contributed by atoms with van der Waals surface area (Å²) in [6, 6.07) is 10.4. The number of ether oxygens (including phenoxy) is 1. The van der Waals surface area contributed by atoms with Crippen LogP contribution in [-0.4, -0.2) is 48.7 Å². The van der Waals surface area contributed by atoms with E-state index in [-0.39, 0.29) is 5.91 Å². The van der Waals surface area contributed by atoms with Gasteiger partial charge in [-0.3, -0.25) is 4.79 Å². The predicted octanol–water partition coefficient (Wildman–Crippen LogP) is 4.65. The summed E-state index contributed by atoms with van der Waals surface area (Å²) in [5.41, 5.74) is 2.82. The van der Waals surface area contributed by atoms with Gasteiger partial charge < -0.3 is 15.0 Å². The van der Waals surface area contributed by atoms with Crippen molar-refractivity contribution in [2.75, 3.05) is 31.7 Å². The number of aromatic nitrogens is 2. The molecular weight excluding hydrogens is 408 g/mol. The average Bonchev–Trinajstić information content (AvgIpc) is 2.78. The molecule has 168 valence electrons. The number of hydrogen-bond donors (Lipinski definition) is 1. The second kappa shape index (κ2) is 11.5. The number of nitrogens with one attached hydrogen (secondary N) is 1. The Morgan fingerprint density at radius 2 is 2.13 bits per heavy atom. The number of thioether (sulfide) groups is 1. The van der Waals surface area contributed by atoms with Crippen molar-refractivity contribution in [2.24, 2.45) is 0 Å². The second-order valence-corrected chi connectivity index (χ2v) is 9.31. The van der Waals surface area contributed by atoms with E-state index < -0.39 is 0 Å². The minimum absolute atomic E-state index is 0.0803. The molecule has 7 heteroatoms. The van der Waals surface area contributed by atoms with Gasteiger partial charge in [0.25, 0.3) is 5.91 Å². The summed E-state index contributed by atoms with van der Waals surface area (Å²) in [6.45, 7) is 8.69. The van der Waals surface area contributed by atoms with Crippen LogP contribution in [-0.2, 0) is 10.5 Å². The van der Waals surface area contributed by atoms with Crippen LogP contribution in [0.4, 0.5) is 5.82 Å². The molecule has 6 nitrogen and oxygen atoms in total. The van der Waals surface area contributed by atoms with Gasteiger partial charge in [-0.2, -0.15) is 0 Å². The Morgan fingerprint density at radius 1 is 1.29 bits per heavy atom. The highest BCUT2D eigenvalue weighted by molar-refractivity contribution is 7.98. The number of hydrogen-bond acceptors (Lipinski definition) is 6. The molecule has 0 unspecified atom stereocenters. The Kier molecular flexibility index (Phi) is 8.72. The summed E-state index contributed by atoms with van der Waals surface area (Å²) < 4.78 is 4.99. The minimum atomic E-state index is -0.0803. The number of nitrogens with zero attached hydrogens (tertiary/aromatic N) is 3. The normalized spacial score (nSPS) is 16.5. The molecule has 1 saturated heterocycles. The first-order chi connectivity index (χ1) is 15.0. The van der Waals surface area contributed by atoms with Crippen LogP contribution in [0.5, 0.6) is 0 Å². The summed E-state index contributed by atoms with van der Waals surface area (Å²) in [5.74, 6) is 2.03. The van der Waals surface area contributed by atoms with Crippen LogP contribution in [0.2, 0.25) is 0 Å². The summed E-state index contributed by atoms with van der Waals surface area (Å²) in [4.78, 5) is 24.4. The molecule has 0 saturated carbocycles. The van der Waals surface area contributed by atoms with E-state index in [0.29, 0.717) is 30.7 Å². The zero-order valence-electron chi connectivity index (χ0n) is 19.1. The molecule has 0 radical (unpaired) electrons. The van der Waals surface area contributed by atoms with Gasteiger partial charge in [-0.15, -0.1) is 0 Å². The first kappa shape index (κ1) is 23.5. The van der Waals surface area contributed by atoms with Gasteiger partial charge in [-0.25, -0.2) is 9.97 Å². The molecule has 1 aromatic heterocycles. The number of carbonyl (C=O) groups excluding carboxylic acids is 1. The molecule has 0 bridgehead atoms. The number of piperidine rings is 1. The largest absolute Gasteiger partial charge is 0.383 e. The molecule has 1 aliphatic rings. The van der Waals surface area contributed by atoms with Crippen molar-refractivity contribution in [2.45, 2.75) is 62.9 Å². The monoisotopic (exact) mass is 442 g/mol. The van der Waals surface area contributed by atoms with Crippen molar-refractivity contribution in [3.05, 3.63) is 47.2 Å². The van der Waals surface area contributed by atoms with Gasteiger partial charge in [-0.05, 0) is 49.8 Å². The Balaban J connectivity index is 1.72. The third-order valence-electron chi connectivity index (χ3n) is 5.55. The van der Waals surface area contributed by atoms with Gasteiger partial charge >= 0.3 is 0 Å². The molecule has 0 spiro atoms. The van der Waals surface area contributed by atoms with Crippen molar-refractivity contribution in [3.63, 3.8) is 0 Å². The summed E-state index contributed by atoms with van der Waals surface area (Å²) >= 11 is 1.63. The predicted molar refractivity (Wildman–Crippen MR) is 127 cm³/mol. The lowest BCUT2D eigenvalue weighted by molar-refractivity contribution is 0.0937. The SMILES string of the molecule is COCCNC(=O)c1cccc(CSc2nc(C(C)C)cc(N3CCCC[C@H]3C)n2)c1. The maximum absolute atomic E-state index is 12.3. The maximum Gasteiger partial charge on any atom is 0.251 e. The minimum Gasteiger partial charge on any atom is -0.383 e. The van der Waals surface area contributed by atoms with Crippen molar-refractivity contribution < 1.29 is 9.53 Å². The summed E-state index contributed by atoms with van der Waals surface area (Å²) in [7, 11) is 1.62. The molecule has 3 rings (SSSR count). The molecule has 1 aromatic carbocycles. The molecule has 1 fully saturated rings. The molecule has 1 atom stereocenters. The molecule has 1 N–H and O–H groups in total. The van der Waals surface area contributed by atoms with Crippen LogP contribution < -0.4 is 10.2 Å². The molecule has 1 amide bonds. The molecule has 2 aromatic rings. The van der Waals surface area contributed by atoms with Gasteiger partial charge in [0.15, 0.2) is 5.16 Å². The fourth-order valence-electron chi connectivity index (χ4n) is 3.70. The maximum atomic E-state index is 12.3. The average molecular weight is 443 g/mol. The highest BCUT2D eigenvalue weighted by Crippen LogP contribution is 2.29. The quantitative estimate of drug-likeness (QED) is 0.346. The van der Waals surface area contributed by atoms with Crippen LogP contribution >= 0.6 is 11.8 Å². The lowest BCUT2D eigenvalue weighted by atomic mass is 10.0. The molecular formula is C24H34N4O2S. The van der Waals surface area contributed by atoms with Gasteiger partial charge in [0.2, 0.25) is 0 Å². The van der Waals surface area contributed by atoms with Crippen molar-refractivity contribution in [1.29, 1.82) is 0 Å². The van der Waals surface area contributed by atoms with Gasteiger partial charge in [0, 0.05) is 49.3 Å². The van der Waals surface area contributed by atoms with Crippen LogP contribution in [0.15, 0.2) is 35.5 Å². The lowest BCUT2D eigenvalue weighted by Crippen LogP contribution is -2.38. The fraction of sp³-hybridized carbons (Fsp3) is 0.542. The zero-order valence-corrected chi connectivity index (χ0v) is 19.9. The number of amides is 1. The Morgan fingerprint density at radius 3 is 2.87 bits per heavy atom. The topological polar surface area (TPSA) is 67.3 Å². The number of benzene rings is 1. The number of anilines is 1. The van der Waals surface area contributed by atoms with E-state index >= 15 is 0 Å². The van der Waals surface area contributed by atoms with Crippen LogP contribution in [0, 0.1) is 0 Å². The fourth-order valence-corrected chi connectivity index (χ4v) is 4.50. The van der Waals surface area contributed by atoms with Gasteiger partial charge in [-0.1, -0.05) is 37.7 Å². The molecule has 2 heterocycles. The van der Waals surface area contributed by atoms with Crippen molar-refractivity contribution in [1.82, 2.24) is 15.3 Å². The molecule has 0 aliphatic carbocycles. The zero-order chi connectivity index (χ0) is 22.2. The highest BCUT2D eigenvalue weighted by Gasteiger charge is 2.21. The Labute approximate surface area is 190 Å². The van der Waals surface area contributed by atoms with Crippen molar-refractivity contribution in [3.8, 4) is 0 Å². The van der Waals surface area contributed by atoms with E-state index in [0.717, 1.165) is 34.5 Å². The van der Waals surface area contributed by atoms with E-state index in [1.807, 2.05) is 24.3 Å². The standard InChI is InChI=1S/C24H34N4O2S/c1-17(2)21-15-22(28-12-6-5-8-18(28)3)27-24(26-21)31-16-19-9-7-10-20(14-19)23(29)25-11-13-30-4/h7,9-10,14-15,17-18H,5-6,8,11-13,16H2,1-4H3,(H,25,29)/t18-/m1/s1. The second-order valence-electron chi connectivity index (χ2n) is 8.36. The first-order valence-corrected chi connectivity index (χ1v) is 12.1. The number of methoxy groups -OCH3 is 1. The van der Waals surface area contributed by atoms with Crippen molar-refractivity contribution >= 4 is 23.5 Å². The Bertz CT molecular complexity index is 874. The smallest absolute Gasteiger partial charge is 0.251 e. The third kappa shape index (κ3) is 6.68. The summed E-state index contributed by atoms with van der Waals surface area (Å²) in [5, 5.41) is 3.67. The van der Waals surface area contributed by atoms with Crippen LogP contribution in [0.3, 0.4) is 0 Å². The highest BCUT2D eigenvalue weighted by atomic mass is 32.2. The molecule has 31 heavy (non-hydrogen) atoms. The van der Waals surface area contributed by atoms with E-state index in [4.69, 9.17) is 14.7 Å². The first-order valence-electron chi connectivity index (χ1n) is 11.1. The molecule has 1 aliphatic heterocycles. The summed E-state index contributed by atoms with van der Waals surface area (Å²) in [6.07, 6.45) is 3.71.